The monoisotopic (exact) mass is 322 g/mol. The van der Waals surface area contributed by atoms with E-state index in [0.29, 0.717) is 18.7 Å². The molecule has 0 aliphatic heterocycles. The maximum Gasteiger partial charge on any atom is 0.224 e. The van der Waals surface area contributed by atoms with Crippen LogP contribution in [0.3, 0.4) is 0 Å². The first-order valence-corrected chi connectivity index (χ1v) is 7.63. The number of pyridine rings is 1. The van der Waals surface area contributed by atoms with Crippen LogP contribution in [0.1, 0.15) is 11.1 Å². The fourth-order valence-electron chi connectivity index (χ4n) is 2.34. The molecule has 5 heteroatoms. The first kappa shape index (κ1) is 15.8. The first-order valence-electron chi connectivity index (χ1n) is 7.63. The Morgan fingerprint density at radius 1 is 1.17 bits per heavy atom. The molecule has 2 aromatic heterocycles. The molecule has 0 unspecified atom stereocenters. The molecule has 0 fully saturated rings. The van der Waals surface area contributed by atoms with Gasteiger partial charge in [0.05, 0.1) is 19.8 Å². The number of aromatic nitrogens is 1. The molecule has 0 saturated heterocycles. The minimum Gasteiger partial charge on any atom is -0.497 e. The molecular weight excluding hydrogens is 304 g/mol. The second-order valence-electron chi connectivity index (χ2n) is 5.33. The summed E-state index contributed by atoms with van der Waals surface area (Å²) < 4.78 is 10.4. The van der Waals surface area contributed by atoms with Gasteiger partial charge in [-0.25, -0.2) is 0 Å². The number of carbonyl (C=O) groups excluding carboxylic acids is 1. The van der Waals surface area contributed by atoms with Crippen LogP contribution in [0.2, 0.25) is 0 Å². The zero-order valence-electron chi connectivity index (χ0n) is 13.4. The molecule has 0 aliphatic carbocycles. The van der Waals surface area contributed by atoms with Gasteiger partial charge in [0.25, 0.3) is 0 Å². The van der Waals surface area contributed by atoms with Crippen LogP contribution in [0.4, 0.5) is 0 Å². The van der Waals surface area contributed by atoms with Crippen LogP contribution in [0.25, 0.3) is 11.5 Å². The van der Waals surface area contributed by atoms with Crippen LogP contribution in [0.15, 0.2) is 65.4 Å². The second-order valence-corrected chi connectivity index (χ2v) is 5.33. The van der Waals surface area contributed by atoms with Crippen molar-refractivity contribution in [2.75, 3.05) is 7.11 Å². The molecule has 1 aromatic carbocycles. The quantitative estimate of drug-likeness (QED) is 0.757. The number of hydrogen-bond donors (Lipinski definition) is 1. The number of nitrogens with one attached hydrogen (secondary N) is 1. The van der Waals surface area contributed by atoms with Gasteiger partial charge in [0.2, 0.25) is 5.91 Å². The van der Waals surface area contributed by atoms with Crippen molar-refractivity contribution in [3.05, 3.63) is 72.1 Å². The topological polar surface area (TPSA) is 64.4 Å². The van der Waals surface area contributed by atoms with Gasteiger partial charge < -0.3 is 14.5 Å². The lowest BCUT2D eigenvalue weighted by molar-refractivity contribution is -0.120. The minimum absolute atomic E-state index is 0.0310. The highest BCUT2D eigenvalue weighted by molar-refractivity contribution is 5.78. The maximum absolute atomic E-state index is 12.1. The van der Waals surface area contributed by atoms with Gasteiger partial charge in [-0.15, -0.1) is 0 Å². The van der Waals surface area contributed by atoms with Gasteiger partial charge in [0.15, 0.2) is 5.76 Å². The summed E-state index contributed by atoms with van der Waals surface area (Å²) >= 11 is 0. The zero-order chi connectivity index (χ0) is 16.8. The summed E-state index contributed by atoms with van der Waals surface area (Å²) in [6.07, 6.45) is 3.66. The van der Waals surface area contributed by atoms with Crippen molar-refractivity contribution >= 4 is 5.91 Å². The molecule has 1 N–H and O–H groups in total. The first-order chi connectivity index (χ1) is 11.7. The third kappa shape index (κ3) is 4.01. The summed E-state index contributed by atoms with van der Waals surface area (Å²) in [4.78, 5) is 16.4. The normalized spacial score (nSPS) is 10.4. The number of hydrogen-bond acceptors (Lipinski definition) is 4. The van der Waals surface area contributed by atoms with Crippen LogP contribution in [-0.2, 0) is 17.8 Å². The van der Waals surface area contributed by atoms with Crippen LogP contribution >= 0.6 is 0 Å². The maximum atomic E-state index is 12.1. The van der Waals surface area contributed by atoms with E-state index in [9.17, 15) is 4.79 Å². The lowest BCUT2D eigenvalue weighted by atomic mass is 10.1. The predicted octanol–water partition coefficient (Wildman–Crippen LogP) is 3.21. The molecule has 0 spiro atoms. The molecule has 1 amide bonds. The Kier molecular flexibility index (Phi) is 4.91. The second kappa shape index (κ2) is 7.46. The van der Waals surface area contributed by atoms with Crippen molar-refractivity contribution in [3.63, 3.8) is 0 Å². The molecule has 122 valence electrons. The Labute approximate surface area is 140 Å². The van der Waals surface area contributed by atoms with Gasteiger partial charge >= 0.3 is 0 Å². The molecular formula is C19H18N2O3. The van der Waals surface area contributed by atoms with Crippen molar-refractivity contribution in [2.45, 2.75) is 13.0 Å². The van der Waals surface area contributed by atoms with Crippen molar-refractivity contribution in [1.82, 2.24) is 10.3 Å². The van der Waals surface area contributed by atoms with E-state index in [0.717, 1.165) is 22.6 Å². The number of amides is 1. The minimum atomic E-state index is -0.0310. The van der Waals surface area contributed by atoms with E-state index >= 15 is 0 Å². The van der Waals surface area contributed by atoms with Crippen molar-refractivity contribution in [2.24, 2.45) is 0 Å². The number of rotatable bonds is 6. The Hall–Kier alpha value is -3.08. The SMILES string of the molecule is COc1ccc(CC(=O)NCc2ccnc(-c3ccco3)c2)cc1. The zero-order valence-corrected chi connectivity index (χ0v) is 13.4. The smallest absolute Gasteiger partial charge is 0.224 e. The van der Waals surface area contributed by atoms with Gasteiger partial charge in [-0.1, -0.05) is 12.1 Å². The Balaban J connectivity index is 1.57. The third-order valence-electron chi connectivity index (χ3n) is 3.61. The largest absolute Gasteiger partial charge is 0.497 e. The number of benzene rings is 1. The molecule has 0 aliphatic rings. The van der Waals surface area contributed by atoms with E-state index < -0.39 is 0 Å². The van der Waals surface area contributed by atoms with Crippen LogP contribution in [0.5, 0.6) is 5.75 Å². The van der Waals surface area contributed by atoms with Crippen LogP contribution in [-0.4, -0.2) is 18.0 Å². The van der Waals surface area contributed by atoms with Crippen molar-refractivity contribution < 1.29 is 13.9 Å². The molecule has 0 atom stereocenters. The average Bonchev–Trinajstić information content (AvgIpc) is 3.16. The molecule has 0 saturated carbocycles. The molecule has 3 rings (SSSR count). The lowest BCUT2D eigenvalue weighted by Crippen LogP contribution is -2.24. The number of nitrogens with zero attached hydrogens (tertiary/aromatic N) is 1. The van der Waals surface area contributed by atoms with Crippen molar-refractivity contribution in [3.8, 4) is 17.2 Å². The molecule has 0 radical (unpaired) electrons. The number of ether oxygens (including phenoxy) is 1. The number of methoxy groups -OCH3 is 1. The predicted molar refractivity (Wildman–Crippen MR) is 90.5 cm³/mol. The summed E-state index contributed by atoms with van der Waals surface area (Å²) in [5.41, 5.74) is 2.67. The van der Waals surface area contributed by atoms with Gasteiger partial charge in [-0.2, -0.15) is 0 Å². The third-order valence-corrected chi connectivity index (χ3v) is 3.61. The fraction of sp³-hybridized carbons (Fsp3) is 0.158. The number of carbonyl (C=O) groups is 1. The molecule has 5 nitrogen and oxygen atoms in total. The summed E-state index contributed by atoms with van der Waals surface area (Å²) in [6, 6.07) is 14.9. The Bertz CT molecular complexity index is 796. The summed E-state index contributed by atoms with van der Waals surface area (Å²) in [6.45, 7) is 0.450. The lowest BCUT2D eigenvalue weighted by Gasteiger charge is -2.07. The average molecular weight is 322 g/mol. The molecule has 24 heavy (non-hydrogen) atoms. The van der Waals surface area contributed by atoms with E-state index in [1.54, 1.807) is 19.6 Å². The molecule has 2 heterocycles. The molecule has 0 bridgehead atoms. The highest BCUT2D eigenvalue weighted by Gasteiger charge is 2.06. The van der Waals surface area contributed by atoms with Crippen molar-refractivity contribution in [1.29, 1.82) is 0 Å². The van der Waals surface area contributed by atoms with E-state index in [-0.39, 0.29) is 5.91 Å². The summed E-state index contributed by atoms with van der Waals surface area (Å²) in [7, 11) is 1.62. The Morgan fingerprint density at radius 3 is 2.71 bits per heavy atom. The fourth-order valence-corrected chi connectivity index (χ4v) is 2.34. The van der Waals surface area contributed by atoms with Crippen LogP contribution in [0, 0.1) is 0 Å². The standard InChI is InChI=1S/C19H18N2O3/c1-23-16-6-4-14(5-7-16)12-19(22)21-13-15-8-9-20-17(11-15)18-3-2-10-24-18/h2-11H,12-13H2,1H3,(H,21,22). The Morgan fingerprint density at radius 2 is 2.00 bits per heavy atom. The van der Waals surface area contributed by atoms with E-state index in [4.69, 9.17) is 9.15 Å². The highest BCUT2D eigenvalue weighted by atomic mass is 16.5. The van der Waals surface area contributed by atoms with Gasteiger partial charge in [-0.05, 0) is 47.5 Å². The summed E-state index contributed by atoms with van der Waals surface area (Å²) in [5.74, 6) is 1.46. The molecule has 3 aromatic rings. The highest BCUT2D eigenvalue weighted by Crippen LogP contribution is 2.18. The van der Waals surface area contributed by atoms with Crippen LogP contribution < -0.4 is 10.1 Å². The number of furan rings is 1. The van der Waals surface area contributed by atoms with Gasteiger partial charge in [0.1, 0.15) is 11.4 Å². The van der Waals surface area contributed by atoms with Gasteiger partial charge in [-0.3, -0.25) is 9.78 Å². The summed E-state index contributed by atoms with van der Waals surface area (Å²) in [5, 5.41) is 2.92. The van der Waals surface area contributed by atoms with E-state index in [2.05, 4.69) is 10.3 Å². The van der Waals surface area contributed by atoms with E-state index in [1.807, 2.05) is 48.5 Å². The van der Waals surface area contributed by atoms with E-state index in [1.165, 1.54) is 0 Å². The van der Waals surface area contributed by atoms with Gasteiger partial charge in [0, 0.05) is 12.7 Å².